The van der Waals surface area contributed by atoms with Crippen LogP contribution in [0, 0.1) is 0 Å². The van der Waals surface area contributed by atoms with Crippen molar-refractivity contribution in [3.63, 3.8) is 0 Å². The predicted molar refractivity (Wildman–Crippen MR) is 109 cm³/mol. The summed E-state index contributed by atoms with van der Waals surface area (Å²) in [5, 5.41) is 6.90. The summed E-state index contributed by atoms with van der Waals surface area (Å²) in [5.74, 6) is 0.886. The van der Waals surface area contributed by atoms with Crippen LogP contribution in [0.1, 0.15) is 30.9 Å². The largest absolute Gasteiger partial charge is 0.353 e. The van der Waals surface area contributed by atoms with Gasteiger partial charge in [-0.25, -0.2) is 0 Å². The lowest BCUT2D eigenvalue weighted by Crippen LogP contribution is -2.45. The van der Waals surface area contributed by atoms with Crippen LogP contribution in [-0.2, 0) is 13.1 Å². The Hall–Kier alpha value is -1.85. The van der Waals surface area contributed by atoms with E-state index in [1.54, 1.807) is 0 Å². The first-order valence-corrected chi connectivity index (χ1v) is 9.91. The van der Waals surface area contributed by atoms with E-state index in [4.69, 9.17) is 0 Å². The van der Waals surface area contributed by atoms with E-state index in [1.165, 1.54) is 43.9 Å². The first-order valence-electron chi connectivity index (χ1n) is 9.91. The van der Waals surface area contributed by atoms with Gasteiger partial charge in [-0.15, -0.1) is 0 Å². The van der Waals surface area contributed by atoms with Gasteiger partial charge in [-0.2, -0.15) is 0 Å². The van der Waals surface area contributed by atoms with Crippen LogP contribution >= 0.6 is 0 Å². The fourth-order valence-electron chi connectivity index (χ4n) is 3.59. The molecule has 0 bridgehead atoms. The van der Waals surface area contributed by atoms with Crippen LogP contribution in [0.25, 0.3) is 0 Å². The van der Waals surface area contributed by atoms with Gasteiger partial charge in [-0.1, -0.05) is 43.3 Å². The van der Waals surface area contributed by atoms with Crippen LogP contribution in [0.3, 0.4) is 0 Å². The maximum absolute atomic E-state index is 4.33. The van der Waals surface area contributed by atoms with Crippen molar-refractivity contribution in [1.82, 2.24) is 20.4 Å². The van der Waals surface area contributed by atoms with Gasteiger partial charge in [0.1, 0.15) is 0 Å². The van der Waals surface area contributed by atoms with Crippen LogP contribution in [0.2, 0.25) is 0 Å². The van der Waals surface area contributed by atoms with Crippen molar-refractivity contribution < 1.29 is 0 Å². The smallest absolute Gasteiger partial charge is 0.191 e. The van der Waals surface area contributed by atoms with E-state index in [2.05, 4.69) is 68.8 Å². The van der Waals surface area contributed by atoms with Gasteiger partial charge in [-0.05, 0) is 30.5 Å². The molecule has 1 aliphatic carbocycles. The number of piperazine rings is 1. The molecule has 1 heterocycles. The van der Waals surface area contributed by atoms with E-state index in [0.29, 0.717) is 6.04 Å². The molecule has 5 nitrogen and oxygen atoms in total. The van der Waals surface area contributed by atoms with Crippen molar-refractivity contribution in [2.45, 2.75) is 38.9 Å². The quantitative estimate of drug-likeness (QED) is 0.466. The van der Waals surface area contributed by atoms with Crippen molar-refractivity contribution in [3.8, 4) is 0 Å². The minimum atomic E-state index is 0.483. The zero-order chi connectivity index (χ0) is 18.2. The van der Waals surface area contributed by atoms with Crippen LogP contribution in [-0.4, -0.2) is 61.6 Å². The number of likely N-dealkylation sites (N-methyl/N-ethyl adjacent to an activating group) is 1. The topological polar surface area (TPSA) is 42.9 Å². The Balaban J connectivity index is 1.42. The summed E-state index contributed by atoms with van der Waals surface area (Å²) in [7, 11) is 1.83. The van der Waals surface area contributed by atoms with Crippen molar-refractivity contribution in [2.24, 2.45) is 4.99 Å². The normalized spacial score (nSPS) is 19.8. The van der Waals surface area contributed by atoms with E-state index in [0.717, 1.165) is 31.9 Å². The summed E-state index contributed by atoms with van der Waals surface area (Å²) in [6.07, 6.45) is 6.63. The number of aliphatic imine (C=N–C) groups is 1. The molecule has 1 aliphatic heterocycles. The molecule has 26 heavy (non-hydrogen) atoms. The van der Waals surface area contributed by atoms with Gasteiger partial charge in [-0.3, -0.25) is 9.89 Å². The molecule has 0 aromatic heterocycles. The Morgan fingerprint density at radius 2 is 1.62 bits per heavy atom. The standard InChI is InChI=1S/C21H33N5/c1-3-25-12-14-26(15-13-25)17-19-10-8-18(9-11-19)16-23-21(22-2)24-20-6-4-5-7-20/h4-5,8-11,20H,3,6-7,12-17H2,1-2H3,(H2,22,23,24). The second kappa shape index (κ2) is 9.74. The predicted octanol–water partition coefficient (Wildman–Crippen LogP) is 2.21. The number of nitrogens with zero attached hydrogens (tertiary/aromatic N) is 3. The maximum atomic E-state index is 4.33. The summed E-state index contributed by atoms with van der Waals surface area (Å²) < 4.78 is 0. The van der Waals surface area contributed by atoms with Gasteiger partial charge in [0, 0.05) is 52.4 Å². The van der Waals surface area contributed by atoms with Crippen molar-refractivity contribution in [2.75, 3.05) is 39.8 Å². The first kappa shape index (κ1) is 18.9. The molecule has 0 unspecified atom stereocenters. The second-order valence-electron chi connectivity index (χ2n) is 7.24. The van der Waals surface area contributed by atoms with Crippen LogP contribution < -0.4 is 10.6 Å². The summed E-state index contributed by atoms with van der Waals surface area (Å²) in [6, 6.07) is 9.47. The molecular formula is C21H33N5. The molecule has 0 amide bonds. The third-order valence-corrected chi connectivity index (χ3v) is 5.37. The minimum Gasteiger partial charge on any atom is -0.353 e. The van der Waals surface area contributed by atoms with Gasteiger partial charge >= 0.3 is 0 Å². The number of rotatable bonds is 6. The molecule has 142 valence electrons. The Bertz CT molecular complexity index is 591. The highest BCUT2D eigenvalue weighted by Crippen LogP contribution is 2.11. The van der Waals surface area contributed by atoms with E-state index < -0.39 is 0 Å². The Morgan fingerprint density at radius 1 is 1.00 bits per heavy atom. The van der Waals surface area contributed by atoms with Crippen molar-refractivity contribution >= 4 is 5.96 Å². The number of hydrogen-bond acceptors (Lipinski definition) is 3. The Labute approximate surface area is 158 Å². The summed E-state index contributed by atoms with van der Waals surface area (Å²) in [4.78, 5) is 9.41. The monoisotopic (exact) mass is 355 g/mol. The second-order valence-corrected chi connectivity index (χ2v) is 7.24. The van der Waals surface area contributed by atoms with Gasteiger partial charge in [0.15, 0.2) is 5.96 Å². The maximum Gasteiger partial charge on any atom is 0.191 e. The average Bonchev–Trinajstić information content (AvgIpc) is 3.20. The molecule has 1 saturated heterocycles. The van der Waals surface area contributed by atoms with Gasteiger partial charge in [0.2, 0.25) is 0 Å². The molecule has 1 aromatic carbocycles. The fourth-order valence-corrected chi connectivity index (χ4v) is 3.59. The molecule has 0 spiro atoms. The van der Waals surface area contributed by atoms with E-state index >= 15 is 0 Å². The third kappa shape index (κ3) is 5.58. The number of guanidine groups is 1. The lowest BCUT2D eigenvalue weighted by atomic mass is 10.1. The first-order chi connectivity index (χ1) is 12.8. The molecule has 2 aliphatic rings. The average molecular weight is 356 g/mol. The fraction of sp³-hybridized carbons (Fsp3) is 0.571. The molecule has 0 radical (unpaired) electrons. The molecular weight excluding hydrogens is 322 g/mol. The number of benzene rings is 1. The lowest BCUT2D eigenvalue weighted by Gasteiger charge is -2.34. The third-order valence-electron chi connectivity index (χ3n) is 5.37. The zero-order valence-electron chi connectivity index (χ0n) is 16.2. The highest BCUT2D eigenvalue weighted by molar-refractivity contribution is 5.80. The molecule has 1 fully saturated rings. The SMILES string of the molecule is CCN1CCN(Cc2ccc(CNC(=NC)NC3CC=CC3)cc2)CC1. The van der Waals surface area contributed by atoms with E-state index in [-0.39, 0.29) is 0 Å². The van der Waals surface area contributed by atoms with E-state index in [9.17, 15) is 0 Å². The van der Waals surface area contributed by atoms with Crippen molar-refractivity contribution in [3.05, 3.63) is 47.5 Å². The minimum absolute atomic E-state index is 0.483. The molecule has 5 heteroatoms. The highest BCUT2D eigenvalue weighted by atomic mass is 15.3. The van der Waals surface area contributed by atoms with Gasteiger partial charge in [0.25, 0.3) is 0 Å². The summed E-state index contributed by atoms with van der Waals surface area (Å²) in [6.45, 7) is 10.0. The van der Waals surface area contributed by atoms with Crippen LogP contribution in [0.5, 0.6) is 0 Å². The highest BCUT2D eigenvalue weighted by Gasteiger charge is 2.15. The molecule has 1 aromatic rings. The summed E-state index contributed by atoms with van der Waals surface area (Å²) >= 11 is 0. The molecule has 0 saturated carbocycles. The molecule has 0 atom stereocenters. The van der Waals surface area contributed by atoms with Gasteiger partial charge < -0.3 is 15.5 Å². The Kier molecular flexibility index (Phi) is 7.09. The van der Waals surface area contributed by atoms with E-state index in [1.807, 2.05) is 7.05 Å². The molecule has 3 rings (SSSR count). The molecule has 2 N–H and O–H groups in total. The van der Waals surface area contributed by atoms with Gasteiger partial charge in [0.05, 0.1) is 0 Å². The van der Waals surface area contributed by atoms with Crippen LogP contribution in [0.15, 0.2) is 41.4 Å². The number of nitrogens with one attached hydrogen (secondary N) is 2. The van der Waals surface area contributed by atoms with Crippen LogP contribution in [0.4, 0.5) is 0 Å². The number of hydrogen-bond donors (Lipinski definition) is 2. The van der Waals surface area contributed by atoms with Crippen molar-refractivity contribution in [1.29, 1.82) is 0 Å². The zero-order valence-corrected chi connectivity index (χ0v) is 16.2. The lowest BCUT2D eigenvalue weighted by molar-refractivity contribution is 0.132. The summed E-state index contributed by atoms with van der Waals surface area (Å²) in [5.41, 5.74) is 2.69. The Morgan fingerprint density at radius 3 is 2.23 bits per heavy atom.